The van der Waals surface area contributed by atoms with Crippen LogP contribution in [-0.2, 0) is 9.53 Å². The minimum atomic E-state index is -2.78. The largest absolute Gasteiger partial charge is 0.477 e. The third kappa shape index (κ3) is 2.78. The summed E-state index contributed by atoms with van der Waals surface area (Å²) in [5, 5.41) is 64.6. The molecule has 0 bridgehead atoms. The summed E-state index contributed by atoms with van der Waals surface area (Å²) in [4.78, 5) is 10.8. The first kappa shape index (κ1) is 15.2. The van der Waals surface area contributed by atoms with Crippen molar-refractivity contribution >= 4 is 5.97 Å². The van der Waals surface area contributed by atoms with Gasteiger partial charge in [0.05, 0.1) is 12.7 Å². The molecule has 3 unspecified atom stereocenters. The first-order valence-electron chi connectivity index (χ1n) is 5.19. The lowest BCUT2D eigenvalue weighted by atomic mass is 9.91. The molecule has 7 N–H and O–H groups in total. The van der Waals surface area contributed by atoms with E-state index >= 15 is 0 Å². The molecule has 0 aliphatic carbocycles. The second-order valence-corrected chi connectivity index (χ2v) is 4.17. The molecule has 0 aromatic carbocycles. The fourth-order valence-corrected chi connectivity index (χ4v) is 1.70. The van der Waals surface area contributed by atoms with E-state index in [1.54, 1.807) is 0 Å². The number of carboxylic acid groups (broad SMARTS) is 1. The van der Waals surface area contributed by atoms with Gasteiger partial charge in [-0.05, 0) is 0 Å². The number of ether oxygens (including phenoxy) is 1. The molecule has 0 saturated carbocycles. The number of carbonyl (C=O) groups is 1. The smallest absolute Gasteiger partial charge is 0.364 e. The summed E-state index contributed by atoms with van der Waals surface area (Å²) in [6.45, 7) is -0.866. The predicted octanol–water partition coefficient (Wildman–Crippen LogP) is -4.02. The fraction of sp³-hybridized carbons (Fsp3) is 0.889. The normalized spacial score (nSPS) is 40.2. The molecule has 1 rings (SSSR count). The lowest BCUT2D eigenvalue weighted by Crippen LogP contribution is -2.63. The van der Waals surface area contributed by atoms with Crippen molar-refractivity contribution in [1.29, 1.82) is 0 Å². The number of rotatable bonds is 4. The molecule has 9 nitrogen and oxygen atoms in total. The minimum Gasteiger partial charge on any atom is -0.477 e. The van der Waals surface area contributed by atoms with Crippen LogP contribution in [-0.4, -0.2) is 84.6 Å². The highest BCUT2D eigenvalue weighted by molar-refractivity contribution is 5.75. The van der Waals surface area contributed by atoms with Crippen molar-refractivity contribution in [2.24, 2.45) is 0 Å². The molecule has 1 heterocycles. The van der Waals surface area contributed by atoms with E-state index in [-0.39, 0.29) is 0 Å². The topological polar surface area (TPSA) is 168 Å². The van der Waals surface area contributed by atoms with E-state index < -0.39 is 55.3 Å². The Morgan fingerprint density at radius 1 is 1.39 bits per heavy atom. The highest BCUT2D eigenvalue weighted by atomic mass is 16.7. The molecule has 0 amide bonds. The lowest BCUT2D eigenvalue weighted by Gasteiger charge is -2.42. The summed E-state index contributed by atoms with van der Waals surface area (Å²) in [5.74, 6) is -4.58. The van der Waals surface area contributed by atoms with Crippen molar-refractivity contribution in [2.75, 3.05) is 6.61 Å². The average Bonchev–Trinajstić information content (AvgIpc) is 2.31. The van der Waals surface area contributed by atoms with Crippen LogP contribution >= 0.6 is 0 Å². The van der Waals surface area contributed by atoms with Crippen molar-refractivity contribution in [2.45, 2.75) is 42.7 Å². The molecule has 1 aliphatic rings. The van der Waals surface area contributed by atoms with Gasteiger partial charge in [0.15, 0.2) is 0 Å². The van der Waals surface area contributed by atoms with Gasteiger partial charge in [-0.1, -0.05) is 0 Å². The van der Waals surface area contributed by atoms with Crippen molar-refractivity contribution in [3.8, 4) is 0 Å². The number of carboxylic acids is 1. The molecule has 0 aromatic rings. The number of aliphatic hydroxyl groups excluding tert-OH is 5. The Labute approximate surface area is 101 Å². The Balaban J connectivity index is 2.92. The van der Waals surface area contributed by atoms with Gasteiger partial charge < -0.3 is 40.5 Å². The molecule has 18 heavy (non-hydrogen) atoms. The molecule has 0 radical (unpaired) electrons. The molecule has 106 valence electrons. The van der Waals surface area contributed by atoms with Crippen LogP contribution in [0.2, 0.25) is 0 Å². The highest BCUT2D eigenvalue weighted by Gasteiger charge is 2.53. The van der Waals surface area contributed by atoms with Crippen molar-refractivity contribution in [3.63, 3.8) is 0 Å². The third-order valence-corrected chi connectivity index (χ3v) is 2.80. The van der Waals surface area contributed by atoms with Crippen LogP contribution in [0, 0.1) is 0 Å². The number of aliphatic carboxylic acids is 1. The summed E-state index contributed by atoms with van der Waals surface area (Å²) in [5.41, 5.74) is 0. The average molecular weight is 268 g/mol. The molecule has 6 atom stereocenters. The van der Waals surface area contributed by atoms with Gasteiger partial charge in [-0.2, -0.15) is 0 Å². The standard InChI is InChI=1S/C9H16O9/c10-2-4(12)6(14)7-5(13)3(11)1-9(17,18-7)8(15)16/h3-7,10-14,17H,1-2H2,(H,15,16)/t3-,4?,5-,6?,7?,9+/m1/s1. The molecular weight excluding hydrogens is 252 g/mol. The van der Waals surface area contributed by atoms with Crippen LogP contribution in [0.15, 0.2) is 0 Å². The van der Waals surface area contributed by atoms with Gasteiger partial charge in [-0.25, -0.2) is 4.79 Å². The summed E-state index contributed by atoms with van der Waals surface area (Å²) in [7, 11) is 0. The second kappa shape index (κ2) is 5.45. The maximum absolute atomic E-state index is 10.8. The van der Waals surface area contributed by atoms with Crippen LogP contribution in [0.4, 0.5) is 0 Å². The monoisotopic (exact) mass is 268 g/mol. The minimum absolute atomic E-state index is 0.790. The molecule has 0 aromatic heterocycles. The molecule has 1 fully saturated rings. The van der Waals surface area contributed by atoms with Crippen LogP contribution in [0.25, 0.3) is 0 Å². The van der Waals surface area contributed by atoms with Gasteiger partial charge in [0.25, 0.3) is 5.79 Å². The Kier molecular flexibility index (Phi) is 4.61. The maximum Gasteiger partial charge on any atom is 0.364 e. The Morgan fingerprint density at radius 3 is 2.39 bits per heavy atom. The summed E-state index contributed by atoms with van der Waals surface area (Å²) < 4.78 is 4.63. The quantitative estimate of drug-likeness (QED) is 0.268. The van der Waals surface area contributed by atoms with Gasteiger partial charge in [0, 0.05) is 6.42 Å². The van der Waals surface area contributed by atoms with Crippen LogP contribution in [0.3, 0.4) is 0 Å². The lowest BCUT2D eigenvalue weighted by molar-refractivity contribution is -0.312. The van der Waals surface area contributed by atoms with Crippen LogP contribution < -0.4 is 0 Å². The van der Waals surface area contributed by atoms with Crippen molar-refractivity contribution < 1.29 is 45.3 Å². The molecule has 1 aliphatic heterocycles. The third-order valence-electron chi connectivity index (χ3n) is 2.80. The highest BCUT2D eigenvalue weighted by Crippen LogP contribution is 2.30. The molecule has 9 heteroatoms. The van der Waals surface area contributed by atoms with E-state index in [0.29, 0.717) is 0 Å². The number of aliphatic hydroxyl groups is 6. The second-order valence-electron chi connectivity index (χ2n) is 4.17. The zero-order chi connectivity index (χ0) is 14.1. The van der Waals surface area contributed by atoms with Gasteiger partial charge >= 0.3 is 5.97 Å². The Morgan fingerprint density at radius 2 is 1.94 bits per heavy atom. The number of hydrogen-bond donors (Lipinski definition) is 7. The fourth-order valence-electron chi connectivity index (χ4n) is 1.70. The zero-order valence-corrected chi connectivity index (χ0v) is 9.25. The van der Waals surface area contributed by atoms with E-state index in [1.807, 2.05) is 0 Å². The van der Waals surface area contributed by atoms with E-state index in [1.165, 1.54) is 0 Å². The number of hydrogen-bond acceptors (Lipinski definition) is 8. The van der Waals surface area contributed by atoms with Gasteiger partial charge in [-0.15, -0.1) is 0 Å². The summed E-state index contributed by atoms with van der Waals surface area (Å²) in [6.07, 6.45) is -9.50. The predicted molar refractivity (Wildman–Crippen MR) is 53.2 cm³/mol. The molecule has 0 spiro atoms. The molecule has 1 saturated heterocycles. The van der Waals surface area contributed by atoms with Gasteiger partial charge in [0.1, 0.15) is 24.4 Å². The Bertz CT molecular complexity index is 308. The van der Waals surface area contributed by atoms with E-state index in [9.17, 15) is 30.3 Å². The Hall–Kier alpha value is -0.810. The summed E-state index contributed by atoms with van der Waals surface area (Å²) >= 11 is 0. The maximum atomic E-state index is 10.8. The van der Waals surface area contributed by atoms with Gasteiger partial charge in [-0.3, -0.25) is 0 Å². The van der Waals surface area contributed by atoms with Crippen LogP contribution in [0.1, 0.15) is 6.42 Å². The summed E-state index contributed by atoms with van der Waals surface area (Å²) in [6, 6.07) is 0. The molecular formula is C9H16O9. The van der Waals surface area contributed by atoms with E-state index in [0.717, 1.165) is 0 Å². The van der Waals surface area contributed by atoms with Crippen LogP contribution in [0.5, 0.6) is 0 Å². The van der Waals surface area contributed by atoms with E-state index in [2.05, 4.69) is 4.74 Å². The van der Waals surface area contributed by atoms with Crippen molar-refractivity contribution in [3.05, 3.63) is 0 Å². The first-order chi connectivity index (χ1) is 8.23. The SMILES string of the molecule is O=C(O)[C@]1(O)C[C@@H](O)[C@@H](O)C(C(O)C(O)CO)O1. The zero-order valence-electron chi connectivity index (χ0n) is 9.25. The van der Waals surface area contributed by atoms with Gasteiger partial charge in [0.2, 0.25) is 0 Å². The van der Waals surface area contributed by atoms with Crippen molar-refractivity contribution in [1.82, 2.24) is 0 Å². The first-order valence-corrected chi connectivity index (χ1v) is 5.19. The van der Waals surface area contributed by atoms with E-state index in [4.69, 9.17) is 10.2 Å².